The van der Waals surface area contributed by atoms with Crippen molar-refractivity contribution in [2.24, 2.45) is 0 Å². The average molecular weight is 392 g/mol. The summed E-state index contributed by atoms with van der Waals surface area (Å²) in [6.45, 7) is 5.94. The molecule has 0 aliphatic carbocycles. The van der Waals surface area contributed by atoms with Crippen molar-refractivity contribution >= 4 is 16.8 Å². The average Bonchev–Trinajstić information content (AvgIpc) is 2.71. The van der Waals surface area contributed by atoms with E-state index >= 15 is 0 Å². The van der Waals surface area contributed by atoms with Crippen molar-refractivity contribution in [3.05, 3.63) is 60.2 Å². The first-order valence-electron chi connectivity index (χ1n) is 9.89. The molecular formula is C23H24N2O4. The van der Waals surface area contributed by atoms with E-state index < -0.39 is 0 Å². The second-order valence-corrected chi connectivity index (χ2v) is 6.82. The summed E-state index contributed by atoms with van der Waals surface area (Å²) in [4.78, 5) is 19.1. The molecule has 6 heteroatoms. The highest BCUT2D eigenvalue weighted by atomic mass is 16.5. The number of fused-ring (bicyclic) bond motifs is 1. The van der Waals surface area contributed by atoms with Crippen molar-refractivity contribution < 1.29 is 19.0 Å². The molecule has 1 aliphatic heterocycles. The number of para-hydroxylation sites is 1. The summed E-state index contributed by atoms with van der Waals surface area (Å²) in [5.74, 6) is 1.79. The Morgan fingerprint density at radius 2 is 1.76 bits per heavy atom. The van der Waals surface area contributed by atoms with Crippen molar-refractivity contribution in [3.63, 3.8) is 0 Å². The van der Waals surface area contributed by atoms with E-state index in [4.69, 9.17) is 14.2 Å². The number of rotatable bonds is 7. The predicted octanol–water partition coefficient (Wildman–Crippen LogP) is 3.94. The summed E-state index contributed by atoms with van der Waals surface area (Å²) in [7, 11) is 0. The molecular weight excluding hydrogens is 368 g/mol. The fourth-order valence-corrected chi connectivity index (χ4v) is 3.33. The lowest BCUT2D eigenvalue weighted by Gasteiger charge is -2.38. The lowest BCUT2D eigenvalue weighted by molar-refractivity contribution is 0.0161. The number of hydrogen-bond acceptors (Lipinski definition) is 5. The third kappa shape index (κ3) is 4.11. The van der Waals surface area contributed by atoms with Crippen molar-refractivity contribution in [1.29, 1.82) is 0 Å². The molecule has 6 nitrogen and oxygen atoms in total. The molecule has 0 bridgehead atoms. The van der Waals surface area contributed by atoms with Crippen LogP contribution in [0.4, 0.5) is 0 Å². The van der Waals surface area contributed by atoms with Gasteiger partial charge in [0.25, 0.3) is 5.91 Å². The minimum absolute atomic E-state index is 0.0414. The molecule has 2 aromatic carbocycles. The normalized spacial score (nSPS) is 13.8. The van der Waals surface area contributed by atoms with Gasteiger partial charge in [-0.05, 0) is 44.2 Å². The molecule has 1 aromatic heterocycles. The van der Waals surface area contributed by atoms with Crippen LogP contribution in [0.25, 0.3) is 10.9 Å². The molecule has 4 rings (SSSR count). The Morgan fingerprint density at radius 3 is 2.55 bits per heavy atom. The zero-order valence-electron chi connectivity index (χ0n) is 16.6. The maximum atomic E-state index is 12.8. The van der Waals surface area contributed by atoms with Crippen LogP contribution in [-0.4, -0.2) is 48.2 Å². The Balaban J connectivity index is 1.38. The van der Waals surface area contributed by atoms with E-state index in [1.54, 1.807) is 23.1 Å². The molecule has 0 spiro atoms. The second-order valence-electron chi connectivity index (χ2n) is 6.82. The van der Waals surface area contributed by atoms with E-state index in [9.17, 15) is 4.79 Å². The summed E-state index contributed by atoms with van der Waals surface area (Å²) in [5, 5.41) is 1.07. The monoisotopic (exact) mass is 392 g/mol. The van der Waals surface area contributed by atoms with Crippen LogP contribution in [0.5, 0.6) is 17.4 Å². The molecule has 150 valence electrons. The van der Waals surface area contributed by atoms with E-state index in [1.807, 2.05) is 50.2 Å². The molecule has 1 aliphatic rings. The van der Waals surface area contributed by atoms with Crippen molar-refractivity contribution in [1.82, 2.24) is 9.88 Å². The van der Waals surface area contributed by atoms with E-state index in [-0.39, 0.29) is 12.0 Å². The molecule has 0 N–H and O–H groups in total. The van der Waals surface area contributed by atoms with Crippen molar-refractivity contribution in [2.75, 3.05) is 26.3 Å². The minimum atomic E-state index is -0.0540. The van der Waals surface area contributed by atoms with Crippen LogP contribution in [0.1, 0.15) is 24.2 Å². The van der Waals surface area contributed by atoms with Crippen LogP contribution in [0.3, 0.4) is 0 Å². The van der Waals surface area contributed by atoms with Gasteiger partial charge in [0.05, 0.1) is 31.8 Å². The van der Waals surface area contributed by atoms with Gasteiger partial charge < -0.3 is 19.1 Å². The van der Waals surface area contributed by atoms with Crippen LogP contribution in [0, 0.1) is 0 Å². The van der Waals surface area contributed by atoms with E-state index in [0.717, 1.165) is 10.9 Å². The first-order valence-corrected chi connectivity index (χ1v) is 9.89. The van der Waals surface area contributed by atoms with Crippen LogP contribution >= 0.6 is 0 Å². The smallest absolute Gasteiger partial charge is 0.254 e. The van der Waals surface area contributed by atoms with Gasteiger partial charge in [0.2, 0.25) is 5.88 Å². The molecule has 0 atom stereocenters. The van der Waals surface area contributed by atoms with Crippen molar-refractivity contribution in [3.8, 4) is 17.4 Å². The van der Waals surface area contributed by atoms with Gasteiger partial charge in [0.1, 0.15) is 6.10 Å². The van der Waals surface area contributed by atoms with Gasteiger partial charge in [0, 0.05) is 17.0 Å². The fraction of sp³-hybridized carbons (Fsp3) is 0.304. The Labute approximate surface area is 170 Å². The maximum absolute atomic E-state index is 12.8. The Bertz CT molecular complexity index is 1010. The van der Waals surface area contributed by atoms with Gasteiger partial charge in [-0.3, -0.25) is 4.79 Å². The lowest BCUT2D eigenvalue weighted by Crippen LogP contribution is -2.56. The van der Waals surface area contributed by atoms with E-state index in [1.165, 1.54) is 0 Å². The summed E-state index contributed by atoms with van der Waals surface area (Å²) >= 11 is 0. The lowest BCUT2D eigenvalue weighted by atomic mass is 10.1. The van der Waals surface area contributed by atoms with E-state index in [0.29, 0.717) is 49.2 Å². The van der Waals surface area contributed by atoms with Gasteiger partial charge in [-0.25, -0.2) is 4.98 Å². The molecule has 3 aromatic rings. The number of likely N-dealkylation sites (tertiary alicyclic amines) is 1. The second kappa shape index (κ2) is 8.39. The van der Waals surface area contributed by atoms with Gasteiger partial charge >= 0.3 is 0 Å². The predicted molar refractivity (Wildman–Crippen MR) is 111 cm³/mol. The number of pyridine rings is 1. The third-order valence-corrected chi connectivity index (χ3v) is 4.79. The number of carbonyl (C=O) groups excluding carboxylic acids is 1. The summed E-state index contributed by atoms with van der Waals surface area (Å²) in [6, 6.07) is 17.1. The van der Waals surface area contributed by atoms with Crippen LogP contribution in [0.15, 0.2) is 54.6 Å². The zero-order valence-corrected chi connectivity index (χ0v) is 16.6. The maximum Gasteiger partial charge on any atom is 0.254 e. The number of hydrogen-bond donors (Lipinski definition) is 0. The summed E-state index contributed by atoms with van der Waals surface area (Å²) in [6.07, 6.45) is -0.0540. The molecule has 1 saturated heterocycles. The minimum Gasteiger partial charge on any atom is -0.490 e. The van der Waals surface area contributed by atoms with Crippen LogP contribution in [-0.2, 0) is 0 Å². The molecule has 2 heterocycles. The molecule has 1 fully saturated rings. The number of aromatic nitrogens is 1. The molecule has 0 saturated carbocycles. The molecule has 1 amide bonds. The topological polar surface area (TPSA) is 60.9 Å². The number of carbonyl (C=O) groups is 1. The van der Waals surface area contributed by atoms with Gasteiger partial charge in [-0.1, -0.05) is 18.2 Å². The largest absolute Gasteiger partial charge is 0.490 e. The first kappa shape index (κ1) is 19.1. The number of benzene rings is 2. The Hall–Kier alpha value is -3.28. The first-order chi connectivity index (χ1) is 14.2. The number of amides is 1. The van der Waals surface area contributed by atoms with Gasteiger partial charge in [-0.15, -0.1) is 0 Å². The Morgan fingerprint density at radius 1 is 1.00 bits per heavy atom. The van der Waals surface area contributed by atoms with Crippen LogP contribution < -0.4 is 14.2 Å². The third-order valence-electron chi connectivity index (χ3n) is 4.79. The number of nitrogens with zero attached hydrogens (tertiary/aromatic N) is 2. The molecule has 0 radical (unpaired) electrons. The highest BCUT2D eigenvalue weighted by molar-refractivity contribution is 5.95. The highest BCUT2D eigenvalue weighted by Crippen LogP contribution is 2.30. The molecule has 0 unspecified atom stereocenters. The standard InChI is InChI=1S/C23H24N2O4/c1-3-27-20-11-9-17(13-21(20)28-4-2)23(26)25-14-18(15-25)29-22-12-10-16-7-5-6-8-19(16)24-22/h5-13,18H,3-4,14-15H2,1-2H3. The van der Waals surface area contributed by atoms with Gasteiger partial charge in [0.15, 0.2) is 11.5 Å². The number of ether oxygens (including phenoxy) is 3. The quantitative estimate of drug-likeness (QED) is 0.610. The summed E-state index contributed by atoms with van der Waals surface area (Å²) < 4.78 is 17.1. The Kier molecular flexibility index (Phi) is 5.51. The van der Waals surface area contributed by atoms with Crippen LogP contribution in [0.2, 0.25) is 0 Å². The summed E-state index contributed by atoms with van der Waals surface area (Å²) in [5.41, 5.74) is 1.48. The van der Waals surface area contributed by atoms with Gasteiger partial charge in [-0.2, -0.15) is 0 Å². The van der Waals surface area contributed by atoms with Crippen molar-refractivity contribution in [2.45, 2.75) is 20.0 Å². The SMILES string of the molecule is CCOc1ccc(C(=O)N2CC(Oc3ccc4ccccc4n3)C2)cc1OCC. The van der Waals surface area contributed by atoms with E-state index in [2.05, 4.69) is 4.98 Å². The molecule has 29 heavy (non-hydrogen) atoms. The zero-order chi connectivity index (χ0) is 20.2. The fourth-order valence-electron chi connectivity index (χ4n) is 3.33. The highest BCUT2D eigenvalue weighted by Gasteiger charge is 2.33.